The summed E-state index contributed by atoms with van der Waals surface area (Å²) in [5.74, 6) is -2.14. The Morgan fingerprint density at radius 3 is 1.82 bits per heavy atom. The summed E-state index contributed by atoms with van der Waals surface area (Å²) in [5, 5.41) is 0. The zero-order valence-electron chi connectivity index (χ0n) is 6.23. The number of carbonyl (C=O) groups excluding carboxylic acids is 1. The van der Waals surface area contributed by atoms with Gasteiger partial charge in [0.15, 0.2) is 0 Å². The van der Waals surface area contributed by atoms with Crippen molar-refractivity contribution in [2.75, 3.05) is 0 Å². The fourth-order valence-electron chi connectivity index (χ4n) is 0.281. The van der Waals surface area contributed by atoms with Gasteiger partial charge in [-0.1, -0.05) is 0 Å². The van der Waals surface area contributed by atoms with Crippen LogP contribution in [0.1, 0.15) is 13.8 Å². The Labute approximate surface area is 62.1 Å². The molecule has 0 unspecified atom stereocenters. The molecule has 0 aliphatic heterocycles. The standard InChI is InChI=1S/C5H7F3O2.H3N/c1-3(2)10-4(9)5(6,7)8;/h3H,1-2H3;1H3. The van der Waals surface area contributed by atoms with Gasteiger partial charge < -0.3 is 10.9 Å². The predicted molar refractivity (Wildman–Crippen MR) is 32.3 cm³/mol. The van der Waals surface area contributed by atoms with Gasteiger partial charge >= 0.3 is 12.1 Å². The molecular weight excluding hydrogens is 163 g/mol. The lowest BCUT2D eigenvalue weighted by molar-refractivity contribution is -0.203. The topological polar surface area (TPSA) is 61.3 Å². The van der Waals surface area contributed by atoms with Crippen LogP contribution in [0.3, 0.4) is 0 Å². The Hall–Kier alpha value is -0.780. The van der Waals surface area contributed by atoms with Crippen molar-refractivity contribution in [2.24, 2.45) is 0 Å². The van der Waals surface area contributed by atoms with Crippen LogP contribution in [-0.2, 0) is 9.53 Å². The summed E-state index contributed by atoms with van der Waals surface area (Å²) in [6.07, 6.45) is -5.60. The maximum absolute atomic E-state index is 11.3. The van der Waals surface area contributed by atoms with Crippen molar-refractivity contribution in [1.29, 1.82) is 0 Å². The minimum Gasteiger partial charge on any atom is -0.456 e. The smallest absolute Gasteiger partial charge is 0.456 e. The summed E-state index contributed by atoms with van der Waals surface area (Å²) in [7, 11) is 0. The van der Waals surface area contributed by atoms with E-state index < -0.39 is 18.2 Å². The summed E-state index contributed by atoms with van der Waals surface area (Å²) in [6.45, 7) is 2.70. The highest BCUT2D eigenvalue weighted by atomic mass is 19.4. The normalized spacial score (nSPS) is 10.7. The van der Waals surface area contributed by atoms with Crippen molar-refractivity contribution in [3.63, 3.8) is 0 Å². The molecule has 0 aromatic heterocycles. The Bertz CT molecular complexity index is 132. The van der Waals surface area contributed by atoms with Gasteiger partial charge in [-0.15, -0.1) is 0 Å². The second-order valence-corrected chi connectivity index (χ2v) is 1.95. The van der Waals surface area contributed by atoms with Gasteiger partial charge in [0.25, 0.3) is 0 Å². The van der Waals surface area contributed by atoms with Crippen LogP contribution in [0, 0.1) is 0 Å². The van der Waals surface area contributed by atoms with Gasteiger partial charge in [0, 0.05) is 0 Å². The van der Waals surface area contributed by atoms with Crippen LogP contribution in [-0.4, -0.2) is 18.2 Å². The molecule has 68 valence electrons. The number of carbonyl (C=O) groups is 1. The minimum absolute atomic E-state index is 0. The van der Waals surface area contributed by atoms with E-state index in [1.165, 1.54) is 13.8 Å². The maximum atomic E-state index is 11.3. The minimum atomic E-state index is -4.87. The van der Waals surface area contributed by atoms with Crippen LogP contribution >= 0.6 is 0 Å². The molecule has 0 spiro atoms. The fraction of sp³-hybridized carbons (Fsp3) is 0.800. The van der Waals surface area contributed by atoms with Gasteiger partial charge in [-0.25, -0.2) is 4.79 Å². The van der Waals surface area contributed by atoms with E-state index in [1.807, 2.05) is 0 Å². The summed E-state index contributed by atoms with van der Waals surface area (Å²) < 4.78 is 37.9. The van der Waals surface area contributed by atoms with Gasteiger partial charge in [-0.3, -0.25) is 0 Å². The third kappa shape index (κ3) is 5.65. The quantitative estimate of drug-likeness (QED) is 0.613. The molecule has 0 aliphatic rings. The Kier molecular flexibility index (Phi) is 4.88. The fourth-order valence-corrected chi connectivity index (χ4v) is 0.281. The van der Waals surface area contributed by atoms with Crippen LogP contribution in [0.5, 0.6) is 0 Å². The van der Waals surface area contributed by atoms with Crippen molar-refractivity contribution < 1.29 is 22.7 Å². The van der Waals surface area contributed by atoms with E-state index in [4.69, 9.17) is 0 Å². The number of ether oxygens (including phenoxy) is 1. The molecule has 0 rings (SSSR count). The first-order valence-corrected chi connectivity index (χ1v) is 2.62. The molecule has 0 atom stereocenters. The number of rotatable bonds is 1. The van der Waals surface area contributed by atoms with Gasteiger partial charge in [0.05, 0.1) is 6.10 Å². The van der Waals surface area contributed by atoms with E-state index in [0.29, 0.717) is 0 Å². The number of hydrogen-bond donors (Lipinski definition) is 1. The van der Waals surface area contributed by atoms with Gasteiger partial charge in [0.2, 0.25) is 0 Å². The molecule has 0 aliphatic carbocycles. The van der Waals surface area contributed by atoms with E-state index in [1.54, 1.807) is 0 Å². The second-order valence-electron chi connectivity index (χ2n) is 1.95. The monoisotopic (exact) mass is 173 g/mol. The number of alkyl halides is 3. The maximum Gasteiger partial charge on any atom is 0.490 e. The van der Waals surface area contributed by atoms with Crippen LogP contribution < -0.4 is 6.15 Å². The highest BCUT2D eigenvalue weighted by Crippen LogP contribution is 2.17. The van der Waals surface area contributed by atoms with E-state index >= 15 is 0 Å². The molecule has 6 heteroatoms. The lowest BCUT2D eigenvalue weighted by Gasteiger charge is -2.08. The SMILES string of the molecule is CC(C)OC(=O)C(F)(F)F.N. The van der Waals surface area contributed by atoms with E-state index in [-0.39, 0.29) is 6.15 Å². The third-order valence-electron chi connectivity index (χ3n) is 0.574. The number of halogens is 3. The Morgan fingerprint density at radius 1 is 1.36 bits per heavy atom. The first kappa shape index (κ1) is 12.9. The highest BCUT2D eigenvalue weighted by molar-refractivity contribution is 5.75. The molecule has 0 amide bonds. The average Bonchev–Trinajstić information content (AvgIpc) is 1.60. The van der Waals surface area contributed by atoms with Gasteiger partial charge in [-0.05, 0) is 13.8 Å². The molecular formula is C5H10F3NO2. The van der Waals surface area contributed by atoms with Crippen molar-refractivity contribution in [2.45, 2.75) is 26.1 Å². The molecule has 11 heavy (non-hydrogen) atoms. The molecule has 0 saturated carbocycles. The highest BCUT2D eigenvalue weighted by Gasteiger charge is 2.41. The lowest BCUT2D eigenvalue weighted by atomic mass is 10.5. The largest absolute Gasteiger partial charge is 0.490 e. The van der Waals surface area contributed by atoms with Crippen molar-refractivity contribution in [3.8, 4) is 0 Å². The summed E-state index contributed by atoms with van der Waals surface area (Å²) >= 11 is 0. The Balaban J connectivity index is 0. The predicted octanol–water partition coefficient (Wildman–Crippen LogP) is 1.66. The molecule has 0 heterocycles. The molecule has 0 aromatic carbocycles. The zero-order valence-corrected chi connectivity index (χ0v) is 6.23. The third-order valence-corrected chi connectivity index (χ3v) is 0.574. The molecule has 3 N–H and O–H groups in total. The van der Waals surface area contributed by atoms with E-state index in [0.717, 1.165) is 0 Å². The first-order chi connectivity index (χ1) is 4.34. The van der Waals surface area contributed by atoms with Crippen molar-refractivity contribution >= 4 is 5.97 Å². The van der Waals surface area contributed by atoms with E-state index in [9.17, 15) is 18.0 Å². The molecule has 0 fully saturated rings. The summed E-state index contributed by atoms with van der Waals surface area (Å²) in [4.78, 5) is 9.93. The van der Waals surface area contributed by atoms with Crippen molar-refractivity contribution in [1.82, 2.24) is 6.15 Å². The first-order valence-electron chi connectivity index (χ1n) is 2.62. The van der Waals surface area contributed by atoms with Crippen LogP contribution in [0.2, 0.25) is 0 Å². The molecule has 3 nitrogen and oxygen atoms in total. The molecule has 0 saturated heterocycles. The number of hydrogen-bond acceptors (Lipinski definition) is 3. The van der Waals surface area contributed by atoms with Gasteiger partial charge in [0.1, 0.15) is 0 Å². The van der Waals surface area contributed by atoms with Crippen LogP contribution in [0.25, 0.3) is 0 Å². The summed E-state index contributed by atoms with van der Waals surface area (Å²) in [5.41, 5.74) is 0. The molecule has 0 aromatic rings. The second kappa shape index (κ2) is 4.17. The van der Waals surface area contributed by atoms with Gasteiger partial charge in [-0.2, -0.15) is 13.2 Å². The summed E-state index contributed by atoms with van der Waals surface area (Å²) in [6, 6.07) is 0. The van der Waals surface area contributed by atoms with Crippen molar-refractivity contribution in [3.05, 3.63) is 0 Å². The number of esters is 1. The Morgan fingerprint density at radius 2 is 1.73 bits per heavy atom. The van der Waals surface area contributed by atoms with Crippen LogP contribution in [0.4, 0.5) is 13.2 Å². The molecule has 0 bridgehead atoms. The average molecular weight is 173 g/mol. The zero-order chi connectivity index (χ0) is 8.36. The lowest BCUT2D eigenvalue weighted by Crippen LogP contribution is -2.27. The molecule has 0 radical (unpaired) electrons. The van der Waals surface area contributed by atoms with Crippen LogP contribution in [0.15, 0.2) is 0 Å². The van der Waals surface area contributed by atoms with E-state index in [2.05, 4.69) is 4.74 Å².